The second-order valence-corrected chi connectivity index (χ2v) is 4.00. The highest BCUT2D eigenvalue weighted by Crippen LogP contribution is 2.35. The standard InChI is InChI=1S/C14H11NO2/c1-9-4-6-10(7-5-9)13-12-11(14(16)17-13)3-2-8-15-12/h2-8,16H,1H3. The molecule has 1 aromatic carbocycles. The predicted molar refractivity (Wildman–Crippen MR) is 65.8 cm³/mol. The molecule has 17 heavy (non-hydrogen) atoms. The average molecular weight is 225 g/mol. The molecule has 0 bridgehead atoms. The summed E-state index contributed by atoms with van der Waals surface area (Å²) in [4.78, 5) is 4.25. The van der Waals surface area contributed by atoms with Crippen molar-refractivity contribution < 1.29 is 9.52 Å². The van der Waals surface area contributed by atoms with Crippen molar-refractivity contribution in [1.29, 1.82) is 0 Å². The van der Waals surface area contributed by atoms with Crippen LogP contribution >= 0.6 is 0 Å². The third-order valence-electron chi connectivity index (χ3n) is 2.77. The van der Waals surface area contributed by atoms with E-state index in [0.29, 0.717) is 16.7 Å². The highest BCUT2D eigenvalue weighted by molar-refractivity contribution is 5.94. The van der Waals surface area contributed by atoms with Crippen LogP contribution in [0.5, 0.6) is 5.95 Å². The van der Waals surface area contributed by atoms with Crippen LogP contribution in [0.15, 0.2) is 47.0 Å². The zero-order valence-electron chi connectivity index (χ0n) is 9.34. The molecule has 0 radical (unpaired) electrons. The van der Waals surface area contributed by atoms with Crippen LogP contribution in [0.25, 0.3) is 22.2 Å². The molecule has 84 valence electrons. The summed E-state index contributed by atoms with van der Waals surface area (Å²) in [7, 11) is 0. The summed E-state index contributed by atoms with van der Waals surface area (Å²) >= 11 is 0. The lowest BCUT2D eigenvalue weighted by molar-refractivity contribution is 0.343. The van der Waals surface area contributed by atoms with E-state index in [1.54, 1.807) is 18.3 Å². The number of rotatable bonds is 1. The number of hydrogen-bond donors (Lipinski definition) is 1. The van der Waals surface area contributed by atoms with Gasteiger partial charge in [-0.05, 0) is 19.1 Å². The Kier molecular flexibility index (Phi) is 2.11. The van der Waals surface area contributed by atoms with E-state index in [1.807, 2.05) is 31.2 Å². The number of fused-ring (bicyclic) bond motifs is 1. The minimum absolute atomic E-state index is 0.0799. The number of benzene rings is 1. The summed E-state index contributed by atoms with van der Waals surface area (Å²) in [6, 6.07) is 11.5. The van der Waals surface area contributed by atoms with Crippen molar-refractivity contribution in [3.63, 3.8) is 0 Å². The minimum Gasteiger partial charge on any atom is -0.480 e. The number of aromatic hydroxyl groups is 1. The van der Waals surface area contributed by atoms with E-state index in [4.69, 9.17) is 4.42 Å². The summed E-state index contributed by atoms with van der Waals surface area (Å²) in [6.45, 7) is 2.03. The van der Waals surface area contributed by atoms with Crippen LogP contribution < -0.4 is 0 Å². The summed E-state index contributed by atoms with van der Waals surface area (Å²) in [6.07, 6.45) is 1.69. The summed E-state index contributed by atoms with van der Waals surface area (Å²) < 4.78 is 5.38. The lowest BCUT2D eigenvalue weighted by atomic mass is 10.1. The van der Waals surface area contributed by atoms with Gasteiger partial charge in [-0.1, -0.05) is 29.8 Å². The van der Waals surface area contributed by atoms with Crippen LogP contribution in [-0.4, -0.2) is 10.1 Å². The Bertz CT molecular complexity index is 668. The van der Waals surface area contributed by atoms with Gasteiger partial charge in [-0.15, -0.1) is 0 Å². The first-order valence-corrected chi connectivity index (χ1v) is 5.39. The summed E-state index contributed by atoms with van der Waals surface area (Å²) in [5.41, 5.74) is 2.79. The molecule has 0 aliphatic heterocycles. The van der Waals surface area contributed by atoms with Gasteiger partial charge in [-0.2, -0.15) is 0 Å². The number of aromatic nitrogens is 1. The van der Waals surface area contributed by atoms with Gasteiger partial charge >= 0.3 is 0 Å². The van der Waals surface area contributed by atoms with Crippen molar-refractivity contribution in [2.24, 2.45) is 0 Å². The van der Waals surface area contributed by atoms with Crippen LogP contribution in [0, 0.1) is 6.92 Å². The number of aryl methyl sites for hydroxylation is 1. The molecule has 0 amide bonds. The first kappa shape index (κ1) is 9.90. The normalized spacial score (nSPS) is 10.9. The molecule has 3 rings (SSSR count). The number of pyridine rings is 1. The number of nitrogens with zero attached hydrogens (tertiary/aromatic N) is 1. The molecular formula is C14H11NO2. The van der Waals surface area contributed by atoms with E-state index in [1.165, 1.54) is 5.56 Å². The average Bonchev–Trinajstić information content (AvgIpc) is 2.69. The van der Waals surface area contributed by atoms with Gasteiger partial charge in [0.2, 0.25) is 0 Å². The molecule has 3 nitrogen and oxygen atoms in total. The quantitative estimate of drug-likeness (QED) is 0.689. The SMILES string of the molecule is Cc1ccc(-c2oc(O)c3cccnc23)cc1. The fourth-order valence-corrected chi connectivity index (χ4v) is 1.86. The molecule has 0 aliphatic rings. The van der Waals surface area contributed by atoms with Crippen LogP contribution in [0.4, 0.5) is 0 Å². The van der Waals surface area contributed by atoms with E-state index >= 15 is 0 Å². The molecule has 0 spiro atoms. The Morgan fingerprint density at radius 2 is 1.88 bits per heavy atom. The topological polar surface area (TPSA) is 46.3 Å². The molecule has 0 unspecified atom stereocenters. The Labute approximate surface area is 98.3 Å². The molecule has 0 atom stereocenters. The van der Waals surface area contributed by atoms with Crippen molar-refractivity contribution in [3.05, 3.63) is 48.2 Å². The van der Waals surface area contributed by atoms with Gasteiger partial charge in [0.15, 0.2) is 5.76 Å². The maximum absolute atomic E-state index is 9.70. The van der Waals surface area contributed by atoms with Crippen molar-refractivity contribution in [1.82, 2.24) is 4.98 Å². The van der Waals surface area contributed by atoms with Gasteiger partial charge < -0.3 is 9.52 Å². The Morgan fingerprint density at radius 3 is 2.65 bits per heavy atom. The molecule has 3 aromatic rings. The van der Waals surface area contributed by atoms with Crippen molar-refractivity contribution in [2.45, 2.75) is 6.92 Å². The van der Waals surface area contributed by atoms with E-state index in [0.717, 1.165) is 5.56 Å². The fourth-order valence-electron chi connectivity index (χ4n) is 1.86. The smallest absolute Gasteiger partial charge is 0.292 e. The van der Waals surface area contributed by atoms with Gasteiger partial charge in [-0.25, -0.2) is 0 Å². The van der Waals surface area contributed by atoms with Gasteiger partial charge in [0, 0.05) is 11.8 Å². The van der Waals surface area contributed by atoms with E-state index in [-0.39, 0.29) is 5.95 Å². The summed E-state index contributed by atoms with van der Waals surface area (Å²) in [5.74, 6) is 0.529. The third kappa shape index (κ3) is 1.56. The number of furan rings is 1. The van der Waals surface area contributed by atoms with Crippen molar-refractivity contribution in [3.8, 4) is 17.3 Å². The molecule has 2 heterocycles. The van der Waals surface area contributed by atoms with E-state index in [9.17, 15) is 5.11 Å². The zero-order valence-corrected chi connectivity index (χ0v) is 9.34. The van der Waals surface area contributed by atoms with Gasteiger partial charge in [0.05, 0.1) is 5.39 Å². The van der Waals surface area contributed by atoms with E-state index in [2.05, 4.69) is 4.98 Å². The largest absolute Gasteiger partial charge is 0.480 e. The first-order valence-electron chi connectivity index (χ1n) is 5.39. The number of hydrogen-bond acceptors (Lipinski definition) is 3. The maximum atomic E-state index is 9.70. The Balaban J connectivity index is 2.27. The maximum Gasteiger partial charge on any atom is 0.292 e. The predicted octanol–water partition coefficient (Wildman–Crippen LogP) is 3.51. The monoisotopic (exact) mass is 225 g/mol. The summed E-state index contributed by atoms with van der Waals surface area (Å²) in [5, 5.41) is 10.3. The van der Waals surface area contributed by atoms with Crippen LogP contribution in [0.1, 0.15) is 5.56 Å². The minimum atomic E-state index is -0.0799. The van der Waals surface area contributed by atoms with Crippen LogP contribution in [0.3, 0.4) is 0 Å². The highest BCUT2D eigenvalue weighted by Gasteiger charge is 2.14. The fraction of sp³-hybridized carbons (Fsp3) is 0.0714. The van der Waals surface area contributed by atoms with Crippen molar-refractivity contribution >= 4 is 10.9 Å². The molecule has 2 aromatic heterocycles. The van der Waals surface area contributed by atoms with Crippen LogP contribution in [0.2, 0.25) is 0 Å². The molecule has 0 fully saturated rings. The Hall–Kier alpha value is -2.29. The lowest BCUT2D eigenvalue weighted by Crippen LogP contribution is -1.78. The first-order chi connectivity index (χ1) is 8.25. The van der Waals surface area contributed by atoms with Gasteiger partial charge in [-0.3, -0.25) is 4.98 Å². The molecule has 0 saturated heterocycles. The van der Waals surface area contributed by atoms with E-state index < -0.39 is 0 Å². The third-order valence-corrected chi connectivity index (χ3v) is 2.77. The zero-order chi connectivity index (χ0) is 11.8. The van der Waals surface area contributed by atoms with Gasteiger partial charge in [0.1, 0.15) is 5.52 Å². The molecule has 0 saturated carbocycles. The highest BCUT2D eigenvalue weighted by atomic mass is 16.5. The molecule has 0 aliphatic carbocycles. The Morgan fingerprint density at radius 1 is 1.12 bits per heavy atom. The van der Waals surface area contributed by atoms with Crippen LogP contribution in [-0.2, 0) is 0 Å². The molecule has 3 heteroatoms. The molecule has 1 N–H and O–H groups in total. The second kappa shape index (κ2) is 3.63. The van der Waals surface area contributed by atoms with Crippen molar-refractivity contribution in [2.75, 3.05) is 0 Å². The molecular weight excluding hydrogens is 214 g/mol. The lowest BCUT2D eigenvalue weighted by Gasteiger charge is -1.97. The second-order valence-electron chi connectivity index (χ2n) is 4.00. The van der Waals surface area contributed by atoms with Gasteiger partial charge in [0.25, 0.3) is 5.95 Å².